The lowest BCUT2D eigenvalue weighted by molar-refractivity contribution is 0.473. The van der Waals surface area contributed by atoms with Gasteiger partial charge in [-0.3, -0.25) is 0 Å². The molecule has 2 rings (SSSR count). The number of phenols is 1. The number of nitrogens with zero attached hydrogens (tertiary/aromatic N) is 1. The van der Waals surface area contributed by atoms with Crippen molar-refractivity contribution in [2.45, 2.75) is 6.92 Å². The van der Waals surface area contributed by atoms with Crippen molar-refractivity contribution in [3.8, 4) is 5.75 Å². The first-order chi connectivity index (χ1) is 6.77. The first-order valence-electron chi connectivity index (χ1n) is 4.27. The van der Waals surface area contributed by atoms with Crippen LogP contribution < -0.4 is 0 Å². The highest BCUT2D eigenvalue weighted by atomic mass is 127. The van der Waals surface area contributed by atoms with Gasteiger partial charge in [-0.15, -0.1) is 0 Å². The Labute approximate surface area is 93.1 Å². The minimum absolute atomic E-state index is 0.136. The molecule has 0 unspecified atom stereocenters. The molecule has 0 spiro atoms. The van der Waals surface area contributed by atoms with Crippen LogP contribution in [0.4, 0.5) is 0 Å². The average molecular weight is 299 g/mol. The number of aromatic hydroxyl groups is 1. The molecular formula is C11H10INO. The van der Waals surface area contributed by atoms with Crippen LogP contribution in [0.2, 0.25) is 0 Å². The molecule has 0 aromatic heterocycles. The van der Waals surface area contributed by atoms with E-state index in [9.17, 15) is 5.11 Å². The zero-order chi connectivity index (χ0) is 9.97. The molecule has 0 fully saturated rings. The van der Waals surface area contributed by atoms with Crippen LogP contribution in [-0.4, -0.2) is 5.11 Å². The van der Waals surface area contributed by atoms with Gasteiger partial charge in [0, 0.05) is 38.4 Å². The summed E-state index contributed by atoms with van der Waals surface area (Å²) in [4.78, 5) is 0. The van der Waals surface area contributed by atoms with Crippen molar-refractivity contribution in [2.24, 2.45) is 3.15 Å². The Balaban J connectivity index is 2.50. The van der Waals surface area contributed by atoms with Gasteiger partial charge < -0.3 is 5.11 Å². The second-order valence-electron chi connectivity index (χ2n) is 3.09. The van der Waals surface area contributed by atoms with E-state index < -0.39 is 0 Å². The number of phenolic OH excluding ortho intramolecular Hbond substituents is 1. The number of rotatable bonds is 1. The van der Waals surface area contributed by atoms with Gasteiger partial charge in [0.1, 0.15) is 5.75 Å². The predicted molar refractivity (Wildman–Crippen MR) is 66.4 cm³/mol. The van der Waals surface area contributed by atoms with Gasteiger partial charge in [-0.1, -0.05) is 11.6 Å². The fourth-order valence-corrected chi connectivity index (χ4v) is 2.49. The summed E-state index contributed by atoms with van der Waals surface area (Å²) in [5.74, 6) is 0.321. The average Bonchev–Trinajstić information content (AvgIpc) is 2.23. The number of hydrogen-bond acceptors (Lipinski definition) is 2. The summed E-state index contributed by atoms with van der Waals surface area (Å²) in [6.45, 7) is 2.01. The van der Waals surface area contributed by atoms with Crippen LogP contribution in [0.25, 0.3) is 5.57 Å². The fraction of sp³-hybridized carbons (Fsp3) is 0.0909. The van der Waals surface area contributed by atoms with Crippen LogP contribution in [0.1, 0.15) is 11.1 Å². The molecule has 1 N–H and O–H groups in total. The van der Waals surface area contributed by atoms with Gasteiger partial charge in [0.05, 0.1) is 0 Å². The van der Waals surface area contributed by atoms with E-state index in [0.717, 1.165) is 16.7 Å². The van der Waals surface area contributed by atoms with Gasteiger partial charge in [0.25, 0.3) is 0 Å². The first-order valence-corrected chi connectivity index (χ1v) is 6.48. The molecule has 72 valence electrons. The Bertz CT molecular complexity index is 447. The number of allylic oxidation sites excluding steroid dienone is 2. The van der Waals surface area contributed by atoms with E-state index in [1.54, 1.807) is 6.07 Å². The van der Waals surface area contributed by atoms with E-state index in [1.165, 1.54) is 0 Å². The highest BCUT2D eigenvalue weighted by Crippen LogP contribution is 2.30. The molecule has 1 heterocycles. The number of halogens is 1. The van der Waals surface area contributed by atoms with Crippen LogP contribution in [-0.2, 0) is 0 Å². The standard InChI is InChI=1S/C11H10INO/c1-8-2-3-11(14)10(6-8)9-4-5-12-13-7-9/h2-7,14H,1H3. The molecule has 1 aromatic carbocycles. The van der Waals surface area contributed by atoms with Crippen molar-refractivity contribution in [3.05, 3.63) is 45.7 Å². The molecule has 2 nitrogen and oxygen atoms in total. The maximum absolute atomic E-state index is 9.68. The van der Waals surface area contributed by atoms with Crippen molar-refractivity contribution >= 4 is 26.6 Å². The second-order valence-corrected chi connectivity index (χ2v) is 4.93. The molecule has 0 saturated heterocycles. The number of aryl methyl sites for hydroxylation is 1. The molecule has 1 aliphatic heterocycles. The summed E-state index contributed by atoms with van der Waals surface area (Å²) in [6.07, 6.45) is 3.89. The lowest BCUT2D eigenvalue weighted by atomic mass is 10.0. The van der Waals surface area contributed by atoms with E-state index in [1.807, 2.05) is 31.3 Å². The quantitative estimate of drug-likeness (QED) is 0.788. The third kappa shape index (κ3) is 1.92. The summed E-state index contributed by atoms with van der Waals surface area (Å²) >= 11 is -0.136. The molecular weight excluding hydrogens is 289 g/mol. The van der Waals surface area contributed by atoms with Crippen LogP contribution in [0.5, 0.6) is 5.75 Å². The van der Waals surface area contributed by atoms with E-state index in [2.05, 4.69) is 7.23 Å². The van der Waals surface area contributed by atoms with Crippen molar-refractivity contribution in [1.82, 2.24) is 0 Å². The van der Waals surface area contributed by atoms with Crippen molar-refractivity contribution in [1.29, 1.82) is 0 Å². The molecule has 14 heavy (non-hydrogen) atoms. The maximum atomic E-state index is 9.68. The highest BCUT2D eigenvalue weighted by Gasteiger charge is 2.05. The minimum atomic E-state index is -0.136. The fourth-order valence-electron chi connectivity index (χ4n) is 1.29. The molecule has 0 amide bonds. The minimum Gasteiger partial charge on any atom is -0.507 e. The number of benzene rings is 1. The van der Waals surface area contributed by atoms with Crippen molar-refractivity contribution < 1.29 is 5.11 Å². The van der Waals surface area contributed by atoms with Gasteiger partial charge >= 0.3 is 0 Å². The molecule has 1 aliphatic rings. The maximum Gasteiger partial charge on any atom is 0.123 e. The summed E-state index contributed by atoms with van der Waals surface area (Å²) in [5, 5.41) is 9.68. The Morgan fingerprint density at radius 3 is 2.93 bits per heavy atom. The summed E-state index contributed by atoms with van der Waals surface area (Å²) in [7, 11) is 0. The molecule has 0 bridgehead atoms. The summed E-state index contributed by atoms with van der Waals surface area (Å²) in [6, 6.07) is 5.60. The van der Waals surface area contributed by atoms with Gasteiger partial charge in [0.15, 0.2) is 0 Å². The zero-order valence-corrected chi connectivity index (χ0v) is 9.89. The van der Waals surface area contributed by atoms with E-state index in [-0.39, 0.29) is 21.0 Å². The van der Waals surface area contributed by atoms with Crippen LogP contribution in [0.15, 0.2) is 37.7 Å². The first kappa shape index (κ1) is 9.58. The third-order valence-corrected chi connectivity index (χ3v) is 3.29. The highest BCUT2D eigenvalue weighted by molar-refractivity contribution is 14.2. The summed E-state index contributed by atoms with van der Waals surface area (Å²) in [5.41, 5.74) is 3.01. The van der Waals surface area contributed by atoms with Gasteiger partial charge in [-0.25, -0.2) is 3.15 Å². The third-order valence-electron chi connectivity index (χ3n) is 2.01. The van der Waals surface area contributed by atoms with E-state index in [4.69, 9.17) is 0 Å². The van der Waals surface area contributed by atoms with Gasteiger partial charge in [-0.05, 0) is 29.2 Å². The topological polar surface area (TPSA) is 32.6 Å². The largest absolute Gasteiger partial charge is 0.507 e. The summed E-state index contributed by atoms with van der Waals surface area (Å²) < 4.78 is 6.35. The van der Waals surface area contributed by atoms with Crippen LogP contribution in [0, 0.1) is 6.92 Å². The second kappa shape index (κ2) is 4.04. The molecule has 0 aliphatic carbocycles. The monoisotopic (exact) mass is 299 g/mol. The Morgan fingerprint density at radius 2 is 2.21 bits per heavy atom. The van der Waals surface area contributed by atoms with Gasteiger partial charge in [-0.2, -0.15) is 0 Å². The SMILES string of the molecule is Cc1ccc(O)c(C2=CN=IC=C2)c1. The normalized spacial score (nSPS) is 14.8. The Hall–Kier alpha value is -0.970. The van der Waals surface area contributed by atoms with Crippen molar-refractivity contribution in [3.63, 3.8) is 0 Å². The smallest absolute Gasteiger partial charge is 0.123 e. The molecule has 0 saturated carbocycles. The molecule has 3 heteroatoms. The number of hydrogen-bond donors (Lipinski definition) is 1. The van der Waals surface area contributed by atoms with Gasteiger partial charge in [0.2, 0.25) is 0 Å². The Kier molecular flexibility index (Phi) is 2.77. The van der Waals surface area contributed by atoms with E-state index in [0.29, 0.717) is 5.75 Å². The zero-order valence-electron chi connectivity index (χ0n) is 7.74. The Morgan fingerprint density at radius 1 is 1.36 bits per heavy atom. The molecule has 0 atom stereocenters. The molecule has 0 radical (unpaired) electrons. The van der Waals surface area contributed by atoms with Crippen LogP contribution >= 0.6 is 21.0 Å². The lowest BCUT2D eigenvalue weighted by Crippen LogP contribution is -1.84. The van der Waals surface area contributed by atoms with Crippen molar-refractivity contribution in [2.75, 3.05) is 0 Å². The van der Waals surface area contributed by atoms with E-state index >= 15 is 0 Å². The van der Waals surface area contributed by atoms with Crippen LogP contribution in [0.3, 0.4) is 0 Å². The predicted octanol–water partition coefficient (Wildman–Crippen LogP) is 3.72. The molecule has 1 aromatic rings. The lowest BCUT2D eigenvalue weighted by Gasteiger charge is -2.06.